The summed E-state index contributed by atoms with van der Waals surface area (Å²) in [5.74, 6) is -3.11. The Morgan fingerprint density at radius 3 is 2.75 bits per heavy atom. The molecule has 1 aromatic carbocycles. The molecule has 2 heterocycles. The summed E-state index contributed by atoms with van der Waals surface area (Å²) in [7, 11) is 0. The van der Waals surface area contributed by atoms with Crippen molar-refractivity contribution in [1.29, 1.82) is 0 Å². The second-order valence-corrected chi connectivity index (χ2v) is 5.47. The second-order valence-electron chi connectivity index (χ2n) is 5.47. The van der Waals surface area contributed by atoms with Crippen molar-refractivity contribution in [3.63, 3.8) is 0 Å². The first-order valence-corrected chi connectivity index (χ1v) is 7.42. The Labute approximate surface area is 136 Å². The molecule has 24 heavy (non-hydrogen) atoms. The van der Waals surface area contributed by atoms with Crippen LogP contribution < -0.4 is 16.0 Å². The average molecular weight is 336 g/mol. The summed E-state index contributed by atoms with van der Waals surface area (Å²) in [4.78, 5) is 16.2. The first-order valence-electron chi connectivity index (χ1n) is 7.42. The van der Waals surface area contributed by atoms with Crippen molar-refractivity contribution in [2.24, 2.45) is 0 Å². The van der Waals surface area contributed by atoms with E-state index >= 15 is 0 Å². The molecule has 1 aliphatic rings. The third-order valence-corrected chi connectivity index (χ3v) is 3.68. The van der Waals surface area contributed by atoms with Crippen LogP contribution in [0.4, 0.5) is 24.7 Å². The van der Waals surface area contributed by atoms with Crippen molar-refractivity contribution in [2.45, 2.75) is 12.5 Å². The Bertz CT molecular complexity index is 763. The minimum atomic E-state index is -1.04. The lowest BCUT2D eigenvalue weighted by Gasteiger charge is -2.14. The highest BCUT2D eigenvalue weighted by Crippen LogP contribution is 2.21. The van der Waals surface area contributed by atoms with Gasteiger partial charge in [0, 0.05) is 24.3 Å². The molecule has 126 valence electrons. The number of nitrogens with one attached hydrogen (secondary N) is 3. The molecule has 8 heteroatoms. The van der Waals surface area contributed by atoms with E-state index in [4.69, 9.17) is 0 Å². The lowest BCUT2D eigenvalue weighted by Crippen LogP contribution is -2.36. The number of halogens is 3. The largest absolute Gasteiger partial charge is 0.348 e. The van der Waals surface area contributed by atoms with Gasteiger partial charge in [0.2, 0.25) is 0 Å². The number of hydrogen-bond acceptors (Lipinski definition) is 4. The quantitative estimate of drug-likeness (QED) is 0.802. The minimum absolute atomic E-state index is 0.00775. The molecular formula is C16H15F3N4O. The van der Waals surface area contributed by atoms with Gasteiger partial charge in [-0.05, 0) is 31.2 Å². The third kappa shape index (κ3) is 3.65. The van der Waals surface area contributed by atoms with Crippen molar-refractivity contribution in [1.82, 2.24) is 15.6 Å². The predicted molar refractivity (Wildman–Crippen MR) is 82.6 cm³/mol. The van der Waals surface area contributed by atoms with Crippen molar-refractivity contribution < 1.29 is 18.0 Å². The van der Waals surface area contributed by atoms with Gasteiger partial charge in [0.15, 0.2) is 11.6 Å². The molecule has 0 saturated carbocycles. The van der Waals surface area contributed by atoms with Crippen LogP contribution in [0, 0.1) is 17.5 Å². The molecule has 1 atom stereocenters. The molecule has 1 aromatic heterocycles. The Balaban J connectivity index is 1.84. The summed E-state index contributed by atoms with van der Waals surface area (Å²) in [6.07, 6.45) is 1.72. The van der Waals surface area contributed by atoms with Gasteiger partial charge in [-0.1, -0.05) is 0 Å². The van der Waals surface area contributed by atoms with Crippen molar-refractivity contribution in [3.05, 3.63) is 53.5 Å². The normalized spacial score (nSPS) is 16.9. The highest BCUT2D eigenvalue weighted by molar-refractivity contribution is 5.99. The van der Waals surface area contributed by atoms with Crippen LogP contribution >= 0.6 is 0 Å². The van der Waals surface area contributed by atoms with Gasteiger partial charge in [0.25, 0.3) is 5.91 Å². The number of carbonyl (C=O) groups is 1. The van der Waals surface area contributed by atoms with Crippen LogP contribution in [0.25, 0.3) is 0 Å². The van der Waals surface area contributed by atoms with Crippen LogP contribution in [0.5, 0.6) is 0 Å². The van der Waals surface area contributed by atoms with E-state index in [0.717, 1.165) is 37.4 Å². The number of hydrogen-bond donors (Lipinski definition) is 3. The highest BCUT2D eigenvalue weighted by Gasteiger charge is 2.21. The maximum atomic E-state index is 13.5. The molecule has 0 aliphatic carbocycles. The molecule has 0 spiro atoms. The maximum Gasteiger partial charge on any atom is 0.255 e. The van der Waals surface area contributed by atoms with Gasteiger partial charge in [0.1, 0.15) is 11.6 Å². The highest BCUT2D eigenvalue weighted by atomic mass is 19.2. The summed E-state index contributed by atoms with van der Waals surface area (Å²) in [5.41, 5.74) is 0.191. The van der Waals surface area contributed by atoms with E-state index < -0.39 is 23.4 Å². The smallest absolute Gasteiger partial charge is 0.255 e. The molecular weight excluding hydrogens is 321 g/mol. The zero-order valence-corrected chi connectivity index (χ0v) is 12.6. The van der Waals surface area contributed by atoms with E-state index in [-0.39, 0.29) is 23.1 Å². The average Bonchev–Trinajstić information content (AvgIpc) is 3.05. The van der Waals surface area contributed by atoms with Crippen LogP contribution in [-0.4, -0.2) is 30.0 Å². The standard InChI is InChI=1S/C16H15F3N4O/c17-9-5-12(16(24)23-11-3-4-20-8-11)15(21-7-9)22-10-1-2-13(18)14(19)6-10/h1-2,5-7,11,20H,3-4,8H2,(H,21,22)(H,23,24)/t11-/m0/s1. The molecule has 1 saturated heterocycles. The van der Waals surface area contributed by atoms with Gasteiger partial charge in [-0.3, -0.25) is 4.79 Å². The molecule has 0 unspecified atom stereocenters. The molecule has 0 radical (unpaired) electrons. The van der Waals surface area contributed by atoms with Gasteiger partial charge < -0.3 is 16.0 Å². The molecule has 1 fully saturated rings. The Kier molecular flexibility index (Phi) is 4.66. The van der Waals surface area contributed by atoms with E-state index in [1.165, 1.54) is 6.07 Å². The molecule has 1 aliphatic heterocycles. The van der Waals surface area contributed by atoms with Crippen molar-refractivity contribution in [3.8, 4) is 0 Å². The molecule has 5 nitrogen and oxygen atoms in total. The fraction of sp³-hybridized carbons (Fsp3) is 0.250. The lowest BCUT2D eigenvalue weighted by molar-refractivity contribution is 0.0940. The molecule has 0 bridgehead atoms. The number of amides is 1. The number of carbonyl (C=O) groups excluding carboxylic acids is 1. The van der Waals surface area contributed by atoms with Gasteiger partial charge in [-0.15, -0.1) is 0 Å². The number of benzene rings is 1. The first kappa shape index (κ1) is 16.3. The van der Waals surface area contributed by atoms with Crippen LogP contribution in [0.3, 0.4) is 0 Å². The number of pyridine rings is 1. The number of aromatic nitrogens is 1. The fourth-order valence-corrected chi connectivity index (χ4v) is 2.46. The summed E-state index contributed by atoms with van der Waals surface area (Å²) in [6, 6.07) is 4.18. The van der Waals surface area contributed by atoms with Crippen molar-refractivity contribution >= 4 is 17.4 Å². The topological polar surface area (TPSA) is 66.0 Å². The van der Waals surface area contributed by atoms with Crippen LogP contribution in [0.15, 0.2) is 30.5 Å². The summed E-state index contributed by atoms with van der Waals surface area (Å²) in [5, 5.41) is 8.61. The van der Waals surface area contributed by atoms with Crippen LogP contribution in [0.1, 0.15) is 16.8 Å². The molecule has 2 aromatic rings. The van der Waals surface area contributed by atoms with E-state index in [2.05, 4.69) is 20.9 Å². The third-order valence-electron chi connectivity index (χ3n) is 3.68. The van der Waals surface area contributed by atoms with E-state index in [0.29, 0.717) is 6.54 Å². The fourth-order valence-electron chi connectivity index (χ4n) is 2.46. The Morgan fingerprint density at radius 1 is 1.21 bits per heavy atom. The molecule has 3 rings (SSSR count). The maximum absolute atomic E-state index is 13.5. The zero-order chi connectivity index (χ0) is 17.1. The lowest BCUT2D eigenvalue weighted by atomic mass is 10.2. The summed E-state index contributed by atoms with van der Waals surface area (Å²) < 4.78 is 39.8. The number of rotatable bonds is 4. The van der Waals surface area contributed by atoms with Gasteiger partial charge in [0.05, 0.1) is 11.8 Å². The molecule has 1 amide bonds. The van der Waals surface area contributed by atoms with Crippen LogP contribution in [-0.2, 0) is 0 Å². The number of anilines is 2. The first-order chi connectivity index (χ1) is 11.5. The molecule has 3 N–H and O–H groups in total. The van der Waals surface area contributed by atoms with E-state index in [1.54, 1.807) is 0 Å². The Morgan fingerprint density at radius 2 is 2.04 bits per heavy atom. The minimum Gasteiger partial charge on any atom is -0.348 e. The second kappa shape index (κ2) is 6.88. The summed E-state index contributed by atoms with van der Waals surface area (Å²) in [6.45, 7) is 1.44. The SMILES string of the molecule is O=C(N[C@H]1CCNC1)c1cc(F)cnc1Nc1ccc(F)c(F)c1. The van der Waals surface area contributed by atoms with Gasteiger partial charge in [-0.25, -0.2) is 18.2 Å². The van der Waals surface area contributed by atoms with Gasteiger partial charge >= 0.3 is 0 Å². The predicted octanol–water partition coefficient (Wildman–Crippen LogP) is 2.33. The Hall–Kier alpha value is -2.61. The summed E-state index contributed by atoms with van der Waals surface area (Å²) >= 11 is 0. The van der Waals surface area contributed by atoms with E-state index in [9.17, 15) is 18.0 Å². The number of nitrogens with zero attached hydrogens (tertiary/aromatic N) is 1. The zero-order valence-electron chi connectivity index (χ0n) is 12.6. The van der Waals surface area contributed by atoms with E-state index in [1.807, 2.05) is 0 Å². The van der Waals surface area contributed by atoms with Crippen LogP contribution in [0.2, 0.25) is 0 Å². The van der Waals surface area contributed by atoms with Crippen molar-refractivity contribution in [2.75, 3.05) is 18.4 Å². The van der Waals surface area contributed by atoms with Gasteiger partial charge in [-0.2, -0.15) is 0 Å². The monoisotopic (exact) mass is 336 g/mol.